The SMILES string of the molecule is O=C(CN1C(=O)NC2(CCc3ccccc3C2)C1=O)Nc1ccccc1N1CCCC1=O. The third-order valence-electron chi connectivity index (χ3n) is 6.52. The highest BCUT2D eigenvalue weighted by Gasteiger charge is 2.52. The second-order valence-corrected chi connectivity index (χ2v) is 8.56. The molecule has 1 unspecified atom stereocenters. The van der Waals surface area contributed by atoms with Crippen LogP contribution in [0.4, 0.5) is 16.2 Å². The molecule has 2 N–H and O–H groups in total. The van der Waals surface area contributed by atoms with Crippen LogP contribution in [-0.2, 0) is 27.2 Å². The van der Waals surface area contributed by atoms with Crippen LogP contribution in [0.25, 0.3) is 0 Å². The first kappa shape index (κ1) is 20.2. The first-order valence-corrected chi connectivity index (χ1v) is 10.9. The van der Waals surface area contributed by atoms with E-state index in [-0.39, 0.29) is 18.4 Å². The van der Waals surface area contributed by atoms with E-state index in [0.717, 1.165) is 16.9 Å². The highest BCUT2D eigenvalue weighted by molar-refractivity contribution is 6.11. The number of imide groups is 1. The van der Waals surface area contributed by atoms with E-state index in [1.165, 1.54) is 5.56 Å². The van der Waals surface area contributed by atoms with Crippen molar-refractivity contribution in [3.8, 4) is 0 Å². The average Bonchev–Trinajstić information content (AvgIpc) is 3.31. The van der Waals surface area contributed by atoms with Crippen LogP contribution in [0, 0.1) is 0 Å². The molecular weight excluding hydrogens is 408 g/mol. The fourth-order valence-electron chi connectivity index (χ4n) is 4.90. The zero-order valence-corrected chi connectivity index (χ0v) is 17.6. The van der Waals surface area contributed by atoms with Crippen LogP contribution in [-0.4, -0.2) is 47.3 Å². The van der Waals surface area contributed by atoms with Crippen LogP contribution >= 0.6 is 0 Å². The Morgan fingerprint density at radius 3 is 2.53 bits per heavy atom. The number of benzene rings is 2. The lowest BCUT2D eigenvalue weighted by Crippen LogP contribution is -2.51. The normalized spacial score (nSPS) is 22.3. The fourth-order valence-corrected chi connectivity index (χ4v) is 4.90. The van der Waals surface area contributed by atoms with Gasteiger partial charge in [-0.05, 0) is 42.5 Å². The van der Waals surface area contributed by atoms with Gasteiger partial charge in [-0.15, -0.1) is 0 Å². The van der Waals surface area contributed by atoms with Crippen molar-refractivity contribution in [3.63, 3.8) is 0 Å². The van der Waals surface area contributed by atoms with Crippen LogP contribution in [0.3, 0.4) is 0 Å². The molecule has 5 amide bonds. The minimum absolute atomic E-state index is 0.0142. The Bertz CT molecular complexity index is 1130. The van der Waals surface area contributed by atoms with Crippen LogP contribution in [0.1, 0.15) is 30.4 Å². The summed E-state index contributed by atoms with van der Waals surface area (Å²) in [5.41, 5.74) is 2.35. The molecule has 0 saturated carbocycles. The smallest absolute Gasteiger partial charge is 0.323 e. The Morgan fingerprint density at radius 1 is 1.00 bits per heavy atom. The van der Waals surface area contributed by atoms with Crippen LogP contribution in [0.15, 0.2) is 48.5 Å². The third-order valence-corrected chi connectivity index (χ3v) is 6.52. The molecule has 2 saturated heterocycles. The molecule has 2 heterocycles. The van der Waals surface area contributed by atoms with Crippen molar-refractivity contribution in [3.05, 3.63) is 59.7 Å². The number of amides is 5. The molecule has 2 aliphatic heterocycles. The molecule has 1 aliphatic carbocycles. The van der Waals surface area contributed by atoms with Crippen molar-refractivity contribution in [2.75, 3.05) is 23.3 Å². The Kier molecular flexibility index (Phi) is 4.92. The molecule has 3 aliphatic rings. The first-order chi connectivity index (χ1) is 15.5. The van der Waals surface area contributed by atoms with Gasteiger partial charge in [0.2, 0.25) is 11.8 Å². The molecular formula is C24H24N4O4. The first-order valence-electron chi connectivity index (χ1n) is 10.9. The average molecular weight is 432 g/mol. The summed E-state index contributed by atoms with van der Waals surface area (Å²) >= 11 is 0. The topological polar surface area (TPSA) is 98.8 Å². The zero-order valence-electron chi connectivity index (χ0n) is 17.6. The van der Waals surface area contributed by atoms with Crippen molar-refractivity contribution in [2.45, 2.75) is 37.6 Å². The van der Waals surface area contributed by atoms with Crippen LogP contribution < -0.4 is 15.5 Å². The Labute approximate surface area is 185 Å². The largest absolute Gasteiger partial charge is 0.325 e. The van der Waals surface area contributed by atoms with E-state index in [9.17, 15) is 19.2 Å². The summed E-state index contributed by atoms with van der Waals surface area (Å²) in [6, 6.07) is 14.4. The maximum atomic E-state index is 13.2. The van der Waals surface area contributed by atoms with Crippen LogP contribution in [0.2, 0.25) is 0 Å². The second-order valence-electron chi connectivity index (χ2n) is 8.56. The molecule has 2 fully saturated rings. The number of hydrogen-bond donors (Lipinski definition) is 2. The quantitative estimate of drug-likeness (QED) is 0.724. The molecule has 0 bridgehead atoms. The minimum atomic E-state index is -0.994. The maximum absolute atomic E-state index is 13.2. The van der Waals surface area contributed by atoms with Gasteiger partial charge in [0.25, 0.3) is 5.91 Å². The monoisotopic (exact) mass is 432 g/mol. The number of hydrogen-bond acceptors (Lipinski definition) is 4. The molecule has 5 rings (SSSR count). The summed E-state index contributed by atoms with van der Waals surface area (Å²) in [6.45, 7) is 0.221. The van der Waals surface area contributed by atoms with Crippen molar-refractivity contribution in [1.29, 1.82) is 0 Å². The molecule has 1 atom stereocenters. The van der Waals surface area contributed by atoms with E-state index in [0.29, 0.717) is 43.6 Å². The van der Waals surface area contributed by atoms with Gasteiger partial charge in [-0.25, -0.2) is 4.79 Å². The summed E-state index contributed by atoms with van der Waals surface area (Å²) in [4.78, 5) is 53.4. The lowest BCUT2D eigenvalue weighted by molar-refractivity contribution is -0.134. The maximum Gasteiger partial charge on any atom is 0.325 e. The van der Waals surface area contributed by atoms with Gasteiger partial charge >= 0.3 is 6.03 Å². The number of urea groups is 1. The number of rotatable bonds is 4. The number of fused-ring (bicyclic) bond motifs is 1. The number of carbonyl (C=O) groups is 4. The van der Waals surface area contributed by atoms with E-state index in [2.05, 4.69) is 10.6 Å². The van der Waals surface area contributed by atoms with Crippen molar-refractivity contribution >= 4 is 35.1 Å². The summed E-state index contributed by atoms with van der Waals surface area (Å²) < 4.78 is 0. The molecule has 164 valence electrons. The molecule has 32 heavy (non-hydrogen) atoms. The van der Waals surface area contributed by atoms with Gasteiger partial charge in [-0.2, -0.15) is 0 Å². The van der Waals surface area contributed by atoms with Gasteiger partial charge in [0.05, 0.1) is 11.4 Å². The minimum Gasteiger partial charge on any atom is -0.323 e. The Balaban J connectivity index is 1.30. The molecule has 8 heteroatoms. The second kappa shape index (κ2) is 7.78. The molecule has 0 radical (unpaired) electrons. The number of anilines is 2. The van der Waals surface area contributed by atoms with Crippen molar-refractivity contribution < 1.29 is 19.2 Å². The standard InChI is InChI=1S/C24H24N4O4/c29-20(25-18-8-3-4-9-19(18)27-13-5-10-21(27)30)15-28-22(31)24(26-23(28)32)12-11-16-6-1-2-7-17(16)14-24/h1-4,6-9H,5,10-15H2,(H,25,29)(H,26,32). The summed E-state index contributed by atoms with van der Waals surface area (Å²) in [5, 5.41) is 5.62. The lowest BCUT2D eigenvalue weighted by Gasteiger charge is -2.32. The van der Waals surface area contributed by atoms with Crippen molar-refractivity contribution in [2.24, 2.45) is 0 Å². The third kappa shape index (κ3) is 3.41. The van der Waals surface area contributed by atoms with Gasteiger partial charge in [-0.1, -0.05) is 36.4 Å². The van der Waals surface area contributed by atoms with Crippen LogP contribution in [0.5, 0.6) is 0 Å². The predicted molar refractivity (Wildman–Crippen MR) is 118 cm³/mol. The van der Waals surface area contributed by atoms with Gasteiger partial charge in [0.1, 0.15) is 12.1 Å². The highest BCUT2D eigenvalue weighted by atomic mass is 16.2. The Morgan fingerprint density at radius 2 is 1.75 bits per heavy atom. The van der Waals surface area contributed by atoms with E-state index < -0.39 is 17.5 Å². The van der Waals surface area contributed by atoms with E-state index in [1.54, 1.807) is 29.2 Å². The molecule has 2 aromatic carbocycles. The van der Waals surface area contributed by atoms with E-state index in [4.69, 9.17) is 0 Å². The number of nitrogens with one attached hydrogen (secondary N) is 2. The van der Waals surface area contributed by atoms with Crippen molar-refractivity contribution in [1.82, 2.24) is 10.2 Å². The van der Waals surface area contributed by atoms with Gasteiger partial charge in [0, 0.05) is 19.4 Å². The molecule has 8 nitrogen and oxygen atoms in total. The van der Waals surface area contributed by atoms with Gasteiger partial charge < -0.3 is 15.5 Å². The predicted octanol–water partition coefficient (Wildman–Crippen LogP) is 2.23. The zero-order chi connectivity index (χ0) is 22.3. The highest BCUT2D eigenvalue weighted by Crippen LogP contribution is 2.34. The number of carbonyl (C=O) groups excluding carboxylic acids is 4. The van der Waals surface area contributed by atoms with E-state index >= 15 is 0 Å². The van der Waals surface area contributed by atoms with E-state index in [1.807, 2.05) is 24.3 Å². The number of nitrogens with zero attached hydrogens (tertiary/aromatic N) is 2. The summed E-state index contributed by atoms with van der Waals surface area (Å²) in [5.74, 6) is -0.837. The molecule has 2 aromatic rings. The van der Waals surface area contributed by atoms with Gasteiger partial charge in [0.15, 0.2) is 0 Å². The molecule has 0 aromatic heterocycles. The summed E-state index contributed by atoms with van der Waals surface area (Å²) in [6.07, 6.45) is 2.88. The Hall–Kier alpha value is -3.68. The summed E-state index contributed by atoms with van der Waals surface area (Å²) in [7, 11) is 0. The lowest BCUT2D eigenvalue weighted by atomic mass is 9.78. The fraction of sp³-hybridized carbons (Fsp3) is 0.333. The van der Waals surface area contributed by atoms with Gasteiger partial charge in [-0.3, -0.25) is 19.3 Å². The number of para-hydroxylation sites is 2. The number of aryl methyl sites for hydroxylation is 1. The molecule has 1 spiro atoms.